The Morgan fingerprint density at radius 3 is 1.69 bits per heavy atom. The summed E-state index contributed by atoms with van der Waals surface area (Å²) in [5.74, 6) is -0.671. The Bertz CT molecular complexity index is 1050. The van der Waals surface area contributed by atoms with Crippen LogP contribution < -0.4 is 0 Å². The summed E-state index contributed by atoms with van der Waals surface area (Å²) in [6, 6.07) is 22.2. The van der Waals surface area contributed by atoms with Crippen molar-refractivity contribution in [3.05, 3.63) is 83.9 Å². The van der Waals surface area contributed by atoms with Gasteiger partial charge in [-0.25, -0.2) is 9.59 Å². The fourth-order valence-corrected chi connectivity index (χ4v) is 3.96. The van der Waals surface area contributed by atoms with Crippen LogP contribution in [-0.2, 0) is 4.74 Å². The van der Waals surface area contributed by atoms with Crippen molar-refractivity contribution in [2.45, 2.75) is 46.1 Å². The van der Waals surface area contributed by atoms with Gasteiger partial charge in [-0.2, -0.15) is 0 Å². The van der Waals surface area contributed by atoms with E-state index in [1.54, 1.807) is 24.3 Å². The average molecular weight is 431 g/mol. The van der Waals surface area contributed by atoms with Crippen molar-refractivity contribution in [1.82, 2.24) is 0 Å². The summed E-state index contributed by atoms with van der Waals surface area (Å²) in [5.41, 5.74) is 4.71. The molecule has 0 saturated carbocycles. The number of hydrogen-bond acceptors (Lipinski definition) is 3. The van der Waals surface area contributed by atoms with E-state index in [0.29, 0.717) is 11.5 Å². The highest BCUT2D eigenvalue weighted by atomic mass is 16.5. The first-order valence-corrected chi connectivity index (χ1v) is 11.2. The molecule has 1 atom stereocenters. The lowest BCUT2D eigenvalue weighted by atomic mass is 9.93. The molecule has 0 aromatic heterocycles. The first-order chi connectivity index (χ1) is 15.4. The highest BCUT2D eigenvalue weighted by molar-refractivity contribution is 5.92. The Hall–Kier alpha value is -3.40. The quantitative estimate of drug-likeness (QED) is 0.368. The maximum atomic E-state index is 12.6. The molecule has 3 aromatic rings. The number of carbonyl (C=O) groups is 2. The standard InChI is InChI=1S/C28H30O4/c1-4-20(5-2)18-19(3)32-28(31)24-16-12-22(13-17-24)26-9-7-6-8-25(26)21-10-14-23(15-11-21)27(29)30/h6-17,19-20H,4-5,18H2,1-3H3,(H,29,30)/t19-/m1/s1. The van der Waals surface area contributed by atoms with Crippen LogP contribution in [-0.4, -0.2) is 23.1 Å². The minimum Gasteiger partial charge on any atom is -0.478 e. The predicted molar refractivity (Wildman–Crippen MR) is 128 cm³/mol. The molecule has 0 unspecified atom stereocenters. The van der Waals surface area contributed by atoms with Crippen molar-refractivity contribution in [2.75, 3.05) is 0 Å². The van der Waals surface area contributed by atoms with Crippen molar-refractivity contribution < 1.29 is 19.4 Å². The van der Waals surface area contributed by atoms with E-state index in [2.05, 4.69) is 13.8 Å². The number of carboxylic acid groups (broad SMARTS) is 1. The molecule has 0 radical (unpaired) electrons. The van der Waals surface area contributed by atoms with E-state index in [0.717, 1.165) is 41.5 Å². The number of rotatable bonds is 9. The highest BCUT2D eigenvalue weighted by Crippen LogP contribution is 2.32. The molecule has 3 rings (SSSR count). The van der Waals surface area contributed by atoms with Gasteiger partial charge in [0.1, 0.15) is 0 Å². The lowest BCUT2D eigenvalue weighted by Gasteiger charge is -2.19. The molecule has 0 aliphatic rings. The average Bonchev–Trinajstić information content (AvgIpc) is 2.82. The van der Waals surface area contributed by atoms with Gasteiger partial charge in [0, 0.05) is 0 Å². The first-order valence-electron chi connectivity index (χ1n) is 11.2. The lowest BCUT2D eigenvalue weighted by Crippen LogP contribution is -2.18. The number of carboxylic acids is 1. The Labute approximate surface area is 189 Å². The third-order valence-corrected chi connectivity index (χ3v) is 5.93. The molecule has 4 nitrogen and oxygen atoms in total. The van der Waals surface area contributed by atoms with Crippen LogP contribution in [0.1, 0.15) is 60.7 Å². The number of benzene rings is 3. The molecule has 0 bridgehead atoms. The zero-order chi connectivity index (χ0) is 23.1. The Morgan fingerprint density at radius 2 is 1.25 bits per heavy atom. The largest absolute Gasteiger partial charge is 0.478 e. The fourth-order valence-electron chi connectivity index (χ4n) is 3.96. The van der Waals surface area contributed by atoms with Gasteiger partial charge >= 0.3 is 11.9 Å². The van der Waals surface area contributed by atoms with Gasteiger partial charge in [0.25, 0.3) is 0 Å². The van der Waals surface area contributed by atoms with Crippen LogP contribution in [0.2, 0.25) is 0 Å². The van der Waals surface area contributed by atoms with Crippen LogP contribution in [0.5, 0.6) is 0 Å². The number of ether oxygens (including phenoxy) is 1. The highest BCUT2D eigenvalue weighted by Gasteiger charge is 2.16. The van der Waals surface area contributed by atoms with Gasteiger partial charge in [0.05, 0.1) is 17.2 Å². The maximum Gasteiger partial charge on any atom is 0.338 e. The van der Waals surface area contributed by atoms with Gasteiger partial charge in [0.2, 0.25) is 0 Å². The topological polar surface area (TPSA) is 63.6 Å². The van der Waals surface area contributed by atoms with Crippen molar-refractivity contribution in [3.8, 4) is 22.3 Å². The van der Waals surface area contributed by atoms with E-state index in [1.807, 2.05) is 55.5 Å². The van der Waals surface area contributed by atoms with Crippen molar-refractivity contribution >= 4 is 11.9 Å². The molecular formula is C28H30O4. The van der Waals surface area contributed by atoms with Gasteiger partial charge < -0.3 is 9.84 Å². The summed E-state index contributed by atoms with van der Waals surface area (Å²) in [7, 11) is 0. The van der Waals surface area contributed by atoms with Gasteiger partial charge in [-0.05, 0) is 65.8 Å². The number of carbonyl (C=O) groups excluding carboxylic acids is 1. The summed E-state index contributed by atoms with van der Waals surface area (Å²) in [5, 5.41) is 9.13. The third-order valence-electron chi connectivity index (χ3n) is 5.93. The van der Waals surface area contributed by atoms with Crippen LogP contribution in [0, 0.1) is 5.92 Å². The van der Waals surface area contributed by atoms with Gasteiger partial charge in [-0.3, -0.25) is 0 Å². The van der Waals surface area contributed by atoms with Gasteiger partial charge in [-0.15, -0.1) is 0 Å². The first kappa shape index (κ1) is 23.3. The van der Waals surface area contributed by atoms with Crippen LogP contribution >= 0.6 is 0 Å². The molecule has 0 aliphatic heterocycles. The van der Waals surface area contributed by atoms with Crippen molar-refractivity contribution in [1.29, 1.82) is 0 Å². The maximum absolute atomic E-state index is 12.6. The fraction of sp³-hybridized carbons (Fsp3) is 0.286. The van der Waals surface area contributed by atoms with Gasteiger partial charge in [-0.1, -0.05) is 75.2 Å². The summed E-state index contributed by atoms with van der Waals surface area (Å²) in [6.07, 6.45) is 2.95. The molecule has 0 saturated heterocycles. The monoisotopic (exact) mass is 430 g/mol. The molecule has 32 heavy (non-hydrogen) atoms. The van der Waals surface area contributed by atoms with Crippen LogP contribution in [0.4, 0.5) is 0 Å². The Morgan fingerprint density at radius 1 is 0.781 bits per heavy atom. The molecule has 1 N–H and O–H groups in total. The molecule has 0 spiro atoms. The minimum absolute atomic E-state index is 0.110. The predicted octanol–water partition coefficient (Wildman–Crippen LogP) is 7.09. The second-order valence-corrected chi connectivity index (χ2v) is 8.14. The molecule has 0 amide bonds. The zero-order valence-corrected chi connectivity index (χ0v) is 18.9. The van der Waals surface area contributed by atoms with E-state index in [9.17, 15) is 9.59 Å². The zero-order valence-electron chi connectivity index (χ0n) is 18.9. The lowest BCUT2D eigenvalue weighted by molar-refractivity contribution is 0.0285. The van der Waals surface area contributed by atoms with Crippen LogP contribution in [0.25, 0.3) is 22.3 Å². The molecule has 0 heterocycles. The molecular weight excluding hydrogens is 400 g/mol. The van der Waals surface area contributed by atoms with E-state index < -0.39 is 5.97 Å². The molecule has 4 heteroatoms. The third kappa shape index (κ3) is 5.64. The summed E-state index contributed by atoms with van der Waals surface area (Å²) in [6.45, 7) is 6.29. The molecule has 166 valence electrons. The smallest absolute Gasteiger partial charge is 0.338 e. The molecule has 3 aromatic carbocycles. The van der Waals surface area contributed by atoms with E-state index in [1.165, 1.54) is 0 Å². The summed E-state index contributed by atoms with van der Waals surface area (Å²) < 4.78 is 5.65. The number of aromatic carboxylic acids is 1. The van der Waals surface area contributed by atoms with E-state index >= 15 is 0 Å². The second-order valence-electron chi connectivity index (χ2n) is 8.14. The van der Waals surface area contributed by atoms with E-state index in [4.69, 9.17) is 9.84 Å². The van der Waals surface area contributed by atoms with Crippen molar-refractivity contribution in [2.24, 2.45) is 5.92 Å². The summed E-state index contributed by atoms with van der Waals surface area (Å²) in [4.78, 5) is 23.7. The van der Waals surface area contributed by atoms with Gasteiger partial charge in [0.15, 0.2) is 0 Å². The number of hydrogen-bond donors (Lipinski definition) is 1. The molecule has 0 aliphatic carbocycles. The van der Waals surface area contributed by atoms with E-state index in [-0.39, 0.29) is 17.6 Å². The SMILES string of the molecule is CCC(CC)C[C@@H](C)OC(=O)c1ccc(-c2ccccc2-c2ccc(C(=O)O)cc2)cc1. The van der Waals surface area contributed by atoms with Crippen LogP contribution in [0.3, 0.4) is 0 Å². The molecule has 0 fully saturated rings. The normalized spacial score (nSPS) is 11.9. The summed E-state index contributed by atoms with van der Waals surface area (Å²) >= 11 is 0. The van der Waals surface area contributed by atoms with Crippen LogP contribution in [0.15, 0.2) is 72.8 Å². The number of esters is 1. The second kappa shape index (κ2) is 10.8. The Kier molecular flexibility index (Phi) is 7.82. The Balaban J connectivity index is 1.78. The van der Waals surface area contributed by atoms with Crippen molar-refractivity contribution in [3.63, 3.8) is 0 Å². The minimum atomic E-state index is -0.943.